The number of Topliss-reactive ketones (excluding diaryl/α,β-unsaturated/α-hetero) is 1. The van der Waals surface area contributed by atoms with E-state index >= 15 is 0 Å². The van der Waals surface area contributed by atoms with Crippen molar-refractivity contribution in [1.29, 1.82) is 0 Å². The molecule has 172 valence electrons. The predicted molar refractivity (Wildman–Crippen MR) is 131 cm³/mol. The molecule has 1 N–H and O–H groups in total. The maximum absolute atomic E-state index is 13.1. The summed E-state index contributed by atoms with van der Waals surface area (Å²) in [5.41, 5.74) is 1.68. The molecule has 2 aromatic carbocycles. The number of amides is 1. The number of aliphatic hydroxyl groups is 1. The Bertz CT molecular complexity index is 1270. The first-order valence-electron chi connectivity index (χ1n) is 10.4. The Balaban J connectivity index is 1.81. The van der Waals surface area contributed by atoms with Crippen LogP contribution in [0.3, 0.4) is 0 Å². The minimum absolute atomic E-state index is 0.0304. The van der Waals surface area contributed by atoms with Gasteiger partial charge in [-0.15, -0.1) is 0 Å². The number of hydrogen-bond donors (Lipinski definition) is 1. The van der Waals surface area contributed by atoms with E-state index in [0.29, 0.717) is 28.5 Å². The monoisotopic (exact) mass is 494 g/mol. The number of halogens is 2. The number of nitrogens with zero attached hydrogens (tertiary/aromatic N) is 2. The highest BCUT2D eigenvalue weighted by Gasteiger charge is 2.46. The van der Waals surface area contributed by atoms with Gasteiger partial charge in [0.25, 0.3) is 11.7 Å². The average molecular weight is 495 g/mol. The number of carbonyl (C=O) groups is 2. The number of aromatic nitrogens is 1. The number of aliphatic hydroxyl groups excluding tert-OH is 1. The second-order valence-corrected chi connectivity index (χ2v) is 8.39. The van der Waals surface area contributed by atoms with E-state index < -0.39 is 17.7 Å². The minimum Gasteiger partial charge on any atom is -0.507 e. The number of pyridine rings is 1. The van der Waals surface area contributed by atoms with Crippen LogP contribution in [0.1, 0.15) is 22.7 Å². The predicted octanol–water partition coefficient (Wildman–Crippen LogP) is 5.58. The SMILES string of the molecule is C=CCOc1ccc(/C(O)=C2\C(=O)C(=O)N(Cc3ccncc3)C2c2ccc(Cl)c(Cl)c2)cc1. The molecule has 0 radical (unpaired) electrons. The molecular weight excluding hydrogens is 475 g/mol. The molecule has 1 saturated heterocycles. The Kier molecular flexibility index (Phi) is 7.01. The van der Waals surface area contributed by atoms with Gasteiger partial charge in [0.2, 0.25) is 0 Å². The molecule has 1 aliphatic heterocycles. The molecule has 1 atom stereocenters. The Hall–Kier alpha value is -3.61. The molecule has 0 aliphatic carbocycles. The third-order valence-electron chi connectivity index (χ3n) is 5.40. The first kappa shape index (κ1) is 23.5. The van der Waals surface area contributed by atoms with E-state index in [-0.39, 0.29) is 22.9 Å². The summed E-state index contributed by atoms with van der Waals surface area (Å²) >= 11 is 12.3. The second kappa shape index (κ2) is 10.1. The number of benzene rings is 2. The van der Waals surface area contributed by atoms with Gasteiger partial charge >= 0.3 is 0 Å². The molecular formula is C26H20Cl2N2O4. The number of hydrogen-bond acceptors (Lipinski definition) is 5. The summed E-state index contributed by atoms with van der Waals surface area (Å²) < 4.78 is 5.47. The molecule has 1 amide bonds. The molecule has 1 aliphatic rings. The zero-order chi connectivity index (χ0) is 24.2. The first-order chi connectivity index (χ1) is 16.4. The van der Waals surface area contributed by atoms with Gasteiger partial charge in [-0.2, -0.15) is 0 Å². The normalized spacial score (nSPS) is 17.1. The summed E-state index contributed by atoms with van der Waals surface area (Å²) in [4.78, 5) is 31.6. The second-order valence-electron chi connectivity index (χ2n) is 7.58. The van der Waals surface area contributed by atoms with Gasteiger partial charge in [-0.25, -0.2) is 0 Å². The van der Waals surface area contributed by atoms with Crippen LogP contribution in [0.25, 0.3) is 5.76 Å². The molecule has 0 saturated carbocycles. The molecule has 4 rings (SSSR count). The van der Waals surface area contributed by atoms with E-state index in [4.69, 9.17) is 27.9 Å². The van der Waals surface area contributed by atoms with Crippen LogP contribution < -0.4 is 4.74 Å². The van der Waals surface area contributed by atoms with Crippen molar-refractivity contribution >= 4 is 40.7 Å². The van der Waals surface area contributed by atoms with Crippen LogP contribution in [0, 0.1) is 0 Å². The molecule has 0 spiro atoms. The standard InChI is InChI=1S/C26H20Cl2N2O4/c1-2-13-34-19-6-3-17(4-7-19)24(31)22-23(18-5-8-20(27)21(28)14-18)30(26(33)25(22)32)15-16-9-11-29-12-10-16/h2-12,14,23,31H,1,13,15H2/b24-22+. The minimum atomic E-state index is -0.861. The van der Waals surface area contributed by atoms with Crippen LogP contribution in [-0.2, 0) is 16.1 Å². The van der Waals surface area contributed by atoms with Crippen molar-refractivity contribution in [2.24, 2.45) is 0 Å². The maximum Gasteiger partial charge on any atom is 0.295 e. The summed E-state index contributed by atoms with van der Waals surface area (Å²) in [7, 11) is 0. The van der Waals surface area contributed by atoms with Gasteiger partial charge in [0.15, 0.2) is 0 Å². The Labute approximate surface area is 206 Å². The molecule has 0 bridgehead atoms. The van der Waals surface area contributed by atoms with Crippen molar-refractivity contribution in [3.63, 3.8) is 0 Å². The molecule has 8 heteroatoms. The van der Waals surface area contributed by atoms with E-state index in [1.54, 1.807) is 73.1 Å². The van der Waals surface area contributed by atoms with E-state index in [1.807, 2.05) is 0 Å². The third kappa shape index (κ3) is 4.69. The van der Waals surface area contributed by atoms with E-state index in [0.717, 1.165) is 5.56 Å². The van der Waals surface area contributed by atoms with Crippen LogP contribution in [0.4, 0.5) is 0 Å². The van der Waals surface area contributed by atoms with E-state index in [2.05, 4.69) is 11.6 Å². The van der Waals surface area contributed by atoms with Crippen molar-refractivity contribution in [3.05, 3.63) is 112 Å². The first-order valence-corrected chi connectivity index (χ1v) is 11.1. The fourth-order valence-electron chi connectivity index (χ4n) is 3.78. The van der Waals surface area contributed by atoms with Crippen molar-refractivity contribution in [3.8, 4) is 5.75 Å². The van der Waals surface area contributed by atoms with Crippen LogP contribution in [0.5, 0.6) is 5.75 Å². The lowest BCUT2D eigenvalue weighted by molar-refractivity contribution is -0.140. The fourth-order valence-corrected chi connectivity index (χ4v) is 4.08. The van der Waals surface area contributed by atoms with Gasteiger partial charge in [-0.05, 0) is 59.7 Å². The summed E-state index contributed by atoms with van der Waals surface area (Å²) in [6.07, 6.45) is 4.83. The number of carbonyl (C=O) groups excluding carboxylic acids is 2. The molecule has 3 aromatic rings. The molecule has 2 heterocycles. The van der Waals surface area contributed by atoms with Crippen LogP contribution in [-0.4, -0.2) is 33.3 Å². The van der Waals surface area contributed by atoms with Gasteiger partial charge < -0.3 is 14.7 Å². The molecule has 1 aromatic heterocycles. The molecule has 6 nitrogen and oxygen atoms in total. The van der Waals surface area contributed by atoms with Crippen LogP contribution >= 0.6 is 23.2 Å². The fraction of sp³-hybridized carbons (Fsp3) is 0.115. The van der Waals surface area contributed by atoms with Crippen LogP contribution in [0.2, 0.25) is 10.0 Å². The quantitative estimate of drug-likeness (QED) is 0.201. The van der Waals surface area contributed by atoms with Gasteiger partial charge in [-0.1, -0.05) is 41.9 Å². The topological polar surface area (TPSA) is 79.7 Å². The highest BCUT2D eigenvalue weighted by Crippen LogP contribution is 2.41. The maximum atomic E-state index is 13.1. The molecule has 1 fully saturated rings. The lowest BCUT2D eigenvalue weighted by atomic mass is 9.95. The number of likely N-dealkylation sites (tertiary alicyclic amines) is 1. The van der Waals surface area contributed by atoms with Crippen molar-refractivity contribution < 1.29 is 19.4 Å². The molecule has 1 unspecified atom stereocenters. The Morgan fingerprint density at radius 3 is 2.41 bits per heavy atom. The number of rotatable bonds is 7. The highest BCUT2D eigenvalue weighted by atomic mass is 35.5. The molecule has 34 heavy (non-hydrogen) atoms. The summed E-state index contributed by atoms with van der Waals surface area (Å²) in [6.45, 7) is 4.09. The van der Waals surface area contributed by atoms with Gasteiger partial charge in [0, 0.05) is 24.5 Å². The Morgan fingerprint density at radius 1 is 1.06 bits per heavy atom. The zero-order valence-corrected chi connectivity index (χ0v) is 19.5. The summed E-state index contributed by atoms with van der Waals surface area (Å²) in [5.74, 6) is -1.22. The number of ether oxygens (including phenoxy) is 1. The van der Waals surface area contributed by atoms with Crippen molar-refractivity contribution in [1.82, 2.24) is 9.88 Å². The van der Waals surface area contributed by atoms with Crippen molar-refractivity contribution in [2.75, 3.05) is 6.61 Å². The van der Waals surface area contributed by atoms with E-state index in [9.17, 15) is 14.7 Å². The largest absolute Gasteiger partial charge is 0.507 e. The Morgan fingerprint density at radius 2 is 1.76 bits per heavy atom. The van der Waals surface area contributed by atoms with Gasteiger partial charge in [-0.3, -0.25) is 14.6 Å². The lowest BCUT2D eigenvalue weighted by Gasteiger charge is -2.25. The summed E-state index contributed by atoms with van der Waals surface area (Å²) in [5, 5.41) is 11.8. The van der Waals surface area contributed by atoms with Crippen LogP contribution in [0.15, 0.2) is 85.2 Å². The summed E-state index contributed by atoms with van der Waals surface area (Å²) in [6, 6.07) is 14.1. The number of ketones is 1. The van der Waals surface area contributed by atoms with E-state index in [1.165, 1.54) is 4.90 Å². The van der Waals surface area contributed by atoms with Gasteiger partial charge in [0.05, 0.1) is 21.7 Å². The average Bonchev–Trinajstić information content (AvgIpc) is 3.10. The van der Waals surface area contributed by atoms with Gasteiger partial charge in [0.1, 0.15) is 18.1 Å². The highest BCUT2D eigenvalue weighted by molar-refractivity contribution is 6.46. The van der Waals surface area contributed by atoms with Crippen molar-refractivity contribution in [2.45, 2.75) is 12.6 Å². The third-order valence-corrected chi connectivity index (χ3v) is 6.14. The lowest BCUT2D eigenvalue weighted by Crippen LogP contribution is -2.29. The zero-order valence-electron chi connectivity index (χ0n) is 17.9. The smallest absolute Gasteiger partial charge is 0.295 e.